The maximum Gasteiger partial charge on any atom is 0.100 e. The summed E-state index contributed by atoms with van der Waals surface area (Å²) in [6.07, 6.45) is -0.0908. The molecule has 1 aliphatic heterocycles. The van der Waals surface area contributed by atoms with Gasteiger partial charge in [-0.1, -0.05) is 23.8 Å². The van der Waals surface area contributed by atoms with Crippen LogP contribution in [0.15, 0.2) is 18.2 Å². The Balaban J connectivity index is 2.31. The van der Waals surface area contributed by atoms with E-state index in [9.17, 15) is 10.2 Å². The summed E-state index contributed by atoms with van der Waals surface area (Å²) in [5.41, 5.74) is 2.72. The minimum atomic E-state index is -1.01. The lowest BCUT2D eigenvalue weighted by atomic mass is 9.83. The number of likely N-dealkylation sites (tertiary alicyclic amines) is 1. The van der Waals surface area contributed by atoms with Gasteiger partial charge in [0.05, 0.1) is 6.10 Å². The Morgan fingerprint density at radius 1 is 1.33 bits per heavy atom. The lowest BCUT2D eigenvalue weighted by Gasteiger charge is -2.44. The van der Waals surface area contributed by atoms with E-state index in [2.05, 4.69) is 36.9 Å². The summed E-state index contributed by atoms with van der Waals surface area (Å²) in [5, 5.41) is 20.2. The summed E-state index contributed by atoms with van der Waals surface area (Å²) in [6, 6.07) is 6.59. The second-order valence-electron chi connectivity index (χ2n) is 5.90. The van der Waals surface area contributed by atoms with Gasteiger partial charge in [-0.2, -0.15) is 0 Å². The molecule has 1 saturated heterocycles. The Labute approximate surface area is 109 Å². The molecule has 2 rings (SSSR count). The first-order valence-corrected chi connectivity index (χ1v) is 6.49. The average molecular weight is 249 g/mol. The number of rotatable bonds is 1. The van der Waals surface area contributed by atoms with Crippen LogP contribution in [-0.2, 0) is 0 Å². The van der Waals surface area contributed by atoms with Crippen LogP contribution in [0.4, 0.5) is 0 Å². The molecular weight excluding hydrogens is 226 g/mol. The van der Waals surface area contributed by atoms with Crippen molar-refractivity contribution < 1.29 is 10.2 Å². The molecule has 0 spiro atoms. The fourth-order valence-corrected chi connectivity index (χ4v) is 2.85. The number of β-amino-alcohol motifs (C(OH)–C–C–N with tert-alkyl or cyclic N) is 1. The minimum absolute atomic E-state index is 0.181. The lowest BCUT2D eigenvalue weighted by Crippen LogP contribution is -2.54. The SMILES string of the molecule is Cc1ccc(C)c(C2C[C@H](O)[C@@](C)(O)CN2C)c1. The van der Waals surface area contributed by atoms with Crippen LogP contribution in [0.1, 0.15) is 36.1 Å². The van der Waals surface area contributed by atoms with Gasteiger partial charge >= 0.3 is 0 Å². The molecule has 1 unspecified atom stereocenters. The largest absolute Gasteiger partial charge is 0.390 e. The minimum Gasteiger partial charge on any atom is -0.390 e. The first-order chi connectivity index (χ1) is 8.31. The van der Waals surface area contributed by atoms with Gasteiger partial charge in [0, 0.05) is 12.6 Å². The van der Waals surface area contributed by atoms with Gasteiger partial charge in [-0.3, -0.25) is 4.90 Å². The van der Waals surface area contributed by atoms with Crippen molar-refractivity contribution >= 4 is 0 Å². The summed E-state index contributed by atoms with van der Waals surface area (Å²) in [5.74, 6) is 0. The molecule has 3 heteroatoms. The van der Waals surface area contributed by atoms with E-state index in [-0.39, 0.29) is 6.04 Å². The number of aliphatic hydroxyl groups excluding tert-OH is 1. The Kier molecular flexibility index (Phi) is 3.49. The molecule has 1 aromatic rings. The molecule has 18 heavy (non-hydrogen) atoms. The van der Waals surface area contributed by atoms with Crippen LogP contribution in [-0.4, -0.2) is 40.4 Å². The van der Waals surface area contributed by atoms with E-state index in [0.717, 1.165) is 0 Å². The van der Waals surface area contributed by atoms with Crippen LogP contribution in [0.2, 0.25) is 0 Å². The Bertz CT molecular complexity index is 442. The summed E-state index contributed by atoms with van der Waals surface area (Å²) < 4.78 is 0. The zero-order valence-corrected chi connectivity index (χ0v) is 11.6. The molecule has 1 aliphatic rings. The fourth-order valence-electron chi connectivity index (χ4n) is 2.85. The normalized spacial score (nSPS) is 33.7. The van der Waals surface area contributed by atoms with Crippen molar-refractivity contribution in [3.05, 3.63) is 34.9 Å². The summed E-state index contributed by atoms with van der Waals surface area (Å²) >= 11 is 0. The third kappa shape index (κ3) is 2.44. The van der Waals surface area contributed by atoms with Crippen molar-refractivity contribution in [1.29, 1.82) is 0 Å². The second-order valence-corrected chi connectivity index (χ2v) is 5.90. The number of nitrogens with zero attached hydrogens (tertiary/aromatic N) is 1. The highest BCUT2D eigenvalue weighted by molar-refractivity contribution is 5.33. The van der Waals surface area contributed by atoms with Crippen molar-refractivity contribution in [2.75, 3.05) is 13.6 Å². The highest BCUT2D eigenvalue weighted by atomic mass is 16.3. The Morgan fingerprint density at radius 2 is 2.00 bits per heavy atom. The topological polar surface area (TPSA) is 43.7 Å². The van der Waals surface area contributed by atoms with Crippen LogP contribution in [0.25, 0.3) is 0 Å². The van der Waals surface area contributed by atoms with Crippen molar-refractivity contribution in [2.45, 2.75) is 44.9 Å². The summed E-state index contributed by atoms with van der Waals surface area (Å²) in [4.78, 5) is 2.13. The maximum atomic E-state index is 10.1. The first-order valence-electron chi connectivity index (χ1n) is 6.49. The maximum absolute atomic E-state index is 10.1. The van der Waals surface area contributed by atoms with Gasteiger partial charge in [0.2, 0.25) is 0 Å². The van der Waals surface area contributed by atoms with Crippen LogP contribution in [0.3, 0.4) is 0 Å². The van der Waals surface area contributed by atoms with Crippen LogP contribution >= 0.6 is 0 Å². The van der Waals surface area contributed by atoms with E-state index in [1.54, 1.807) is 6.92 Å². The van der Waals surface area contributed by atoms with E-state index in [4.69, 9.17) is 0 Å². The number of piperidine rings is 1. The number of benzene rings is 1. The molecule has 1 fully saturated rings. The molecule has 2 N–H and O–H groups in total. The third-order valence-electron chi connectivity index (χ3n) is 4.06. The molecule has 3 nitrogen and oxygen atoms in total. The van der Waals surface area contributed by atoms with E-state index < -0.39 is 11.7 Å². The lowest BCUT2D eigenvalue weighted by molar-refractivity contribution is -0.121. The van der Waals surface area contributed by atoms with Gasteiger partial charge in [-0.05, 0) is 45.4 Å². The fraction of sp³-hybridized carbons (Fsp3) is 0.600. The average Bonchev–Trinajstić information content (AvgIpc) is 2.27. The van der Waals surface area contributed by atoms with Gasteiger partial charge in [0.15, 0.2) is 0 Å². The predicted molar refractivity (Wildman–Crippen MR) is 72.5 cm³/mol. The number of hydrogen-bond donors (Lipinski definition) is 2. The zero-order chi connectivity index (χ0) is 13.5. The molecule has 3 atom stereocenters. The second kappa shape index (κ2) is 4.65. The van der Waals surface area contributed by atoms with E-state index in [1.807, 2.05) is 7.05 Å². The predicted octanol–water partition coefficient (Wildman–Crippen LogP) is 1.79. The number of likely N-dealkylation sites (N-methyl/N-ethyl adjacent to an activating group) is 1. The monoisotopic (exact) mass is 249 g/mol. The van der Waals surface area contributed by atoms with Gasteiger partial charge in [0.25, 0.3) is 0 Å². The zero-order valence-electron chi connectivity index (χ0n) is 11.6. The summed E-state index contributed by atoms with van der Waals surface area (Å²) in [7, 11) is 2.01. The highest BCUT2D eigenvalue weighted by Crippen LogP contribution is 2.35. The van der Waals surface area contributed by atoms with Crippen LogP contribution < -0.4 is 0 Å². The van der Waals surface area contributed by atoms with Crippen LogP contribution in [0, 0.1) is 13.8 Å². The number of aryl methyl sites for hydroxylation is 2. The Hall–Kier alpha value is -0.900. The number of aliphatic hydroxyl groups is 2. The third-order valence-corrected chi connectivity index (χ3v) is 4.06. The molecule has 100 valence electrons. The summed E-state index contributed by atoms with van der Waals surface area (Å²) in [6.45, 7) is 6.37. The molecule has 0 bridgehead atoms. The van der Waals surface area contributed by atoms with Crippen molar-refractivity contribution in [3.8, 4) is 0 Å². The number of hydrogen-bond acceptors (Lipinski definition) is 3. The van der Waals surface area contributed by atoms with Crippen molar-refractivity contribution in [3.63, 3.8) is 0 Å². The molecular formula is C15H23NO2. The van der Waals surface area contributed by atoms with Gasteiger partial charge in [-0.25, -0.2) is 0 Å². The van der Waals surface area contributed by atoms with Crippen molar-refractivity contribution in [1.82, 2.24) is 4.90 Å². The molecule has 0 aromatic heterocycles. The molecule has 1 heterocycles. The molecule has 0 radical (unpaired) electrons. The first kappa shape index (κ1) is 13.5. The molecule has 0 amide bonds. The van der Waals surface area contributed by atoms with Gasteiger partial charge in [0.1, 0.15) is 5.60 Å². The van der Waals surface area contributed by atoms with E-state index in [1.165, 1.54) is 16.7 Å². The standard InChI is InChI=1S/C15H23NO2/c1-10-5-6-11(2)12(7-10)13-8-14(17)15(3,18)9-16(13)4/h5-7,13-14,17-18H,8-9H2,1-4H3/t13?,14-,15-/m0/s1. The van der Waals surface area contributed by atoms with Crippen molar-refractivity contribution in [2.24, 2.45) is 0 Å². The molecule has 0 aliphatic carbocycles. The van der Waals surface area contributed by atoms with Gasteiger partial charge in [-0.15, -0.1) is 0 Å². The highest BCUT2D eigenvalue weighted by Gasteiger charge is 2.40. The van der Waals surface area contributed by atoms with E-state index in [0.29, 0.717) is 13.0 Å². The van der Waals surface area contributed by atoms with E-state index >= 15 is 0 Å². The quantitative estimate of drug-likeness (QED) is 0.797. The Morgan fingerprint density at radius 3 is 2.67 bits per heavy atom. The smallest absolute Gasteiger partial charge is 0.100 e. The molecule has 0 saturated carbocycles. The molecule has 1 aromatic carbocycles. The van der Waals surface area contributed by atoms with Crippen LogP contribution in [0.5, 0.6) is 0 Å². The van der Waals surface area contributed by atoms with Gasteiger partial charge < -0.3 is 10.2 Å².